The van der Waals surface area contributed by atoms with Crippen LogP contribution in [0.4, 0.5) is 5.69 Å². The first-order chi connectivity index (χ1) is 11.8. The second-order valence-corrected chi connectivity index (χ2v) is 8.16. The Morgan fingerprint density at radius 1 is 0.960 bits per heavy atom. The van der Waals surface area contributed by atoms with E-state index in [1.54, 1.807) is 0 Å². The monoisotopic (exact) mass is 344 g/mol. The van der Waals surface area contributed by atoms with Crippen LogP contribution in [0, 0.1) is 11.8 Å². The smallest absolute Gasteiger partial charge is 0.227 e. The van der Waals surface area contributed by atoms with E-state index in [2.05, 4.69) is 50.5 Å². The van der Waals surface area contributed by atoms with Crippen LogP contribution in [-0.2, 0) is 15.0 Å². The van der Waals surface area contributed by atoms with Gasteiger partial charge in [0, 0.05) is 24.1 Å². The first-order valence-electron chi connectivity index (χ1n) is 9.50. The molecule has 138 valence electrons. The van der Waals surface area contributed by atoms with Gasteiger partial charge in [0.1, 0.15) is 0 Å². The van der Waals surface area contributed by atoms with E-state index in [-0.39, 0.29) is 29.1 Å². The molecule has 0 saturated heterocycles. The molecule has 25 heavy (non-hydrogen) atoms. The largest absolute Gasteiger partial charge is 0.356 e. The third-order valence-electron chi connectivity index (χ3n) is 5.04. The van der Waals surface area contributed by atoms with Crippen molar-refractivity contribution < 1.29 is 9.59 Å². The molecule has 0 atom stereocenters. The van der Waals surface area contributed by atoms with E-state index in [4.69, 9.17) is 0 Å². The molecule has 2 amide bonds. The maximum Gasteiger partial charge on any atom is 0.227 e. The summed E-state index contributed by atoms with van der Waals surface area (Å²) in [6, 6.07) is 8.10. The van der Waals surface area contributed by atoms with Crippen molar-refractivity contribution >= 4 is 17.5 Å². The van der Waals surface area contributed by atoms with Crippen molar-refractivity contribution in [1.82, 2.24) is 5.32 Å². The molecule has 0 aliphatic heterocycles. The first-order valence-corrected chi connectivity index (χ1v) is 9.50. The Bertz CT molecular complexity index is 579. The van der Waals surface area contributed by atoms with Crippen molar-refractivity contribution in [3.05, 3.63) is 29.8 Å². The summed E-state index contributed by atoms with van der Waals surface area (Å²) in [5.41, 5.74) is 2.21. The van der Waals surface area contributed by atoms with E-state index in [0.29, 0.717) is 0 Å². The number of hydrogen-bond donors (Lipinski definition) is 2. The highest BCUT2D eigenvalue weighted by molar-refractivity contribution is 5.92. The van der Waals surface area contributed by atoms with Gasteiger partial charge >= 0.3 is 0 Å². The van der Waals surface area contributed by atoms with Crippen LogP contribution in [0.3, 0.4) is 0 Å². The standard InChI is InChI=1S/C21H32N2O2/c1-5-14-22-19(24)15-6-8-16(9-7-15)20(25)23-18-12-10-17(11-13-18)21(2,3)4/h10-13,15-16H,5-9,14H2,1-4H3,(H,22,24)(H,23,25). The zero-order chi connectivity index (χ0) is 18.4. The SMILES string of the molecule is CCCNC(=O)C1CCC(C(=O)Nc2ccc(C(C)(C)C)cc2)CC1. The predicted octanol–water partition coefficient (Wildman–Crippen LogP) is 4.26. The molecular weight excluding hydrogens is 312 g/mol. The molecule has 4 nitrogen and oxygen atoms in total. The van der Waals surface area contributed by atoms with Gasteiger partial charge in [-0.1, -0.05) is 39.8 Å². The third-order valence-corrected chi connectivity index (χ3v) is 5.04. The Hall–Kier alpha value is -1.84. The van der Waals surface area contributed by atoms with Crippen molar-refractivity contribution in [2.24, 2.45) is 11.8 Å². The molecule has 1 fully saturated rings. The van der Waals surface area contributed by atoms with E-state index in [0.717, 1.165) is 44.3 Å². The van der Waals surface area contributed by atoms with Gasteiger partial charge in [0.15, 0.2) is 0 Å². The molecule has 0 heterocycles. The summed E-state index contributed by atoms with van der Waals surface area (Å²) in [7, 11) is 0. The van der Waals surface area contributed by atoms with Crippen LogP contribution in [0.15, 0.2) is 24.3 Å². The Kier molecular flexibility index (Phi) is 6.63. The summed E-state index contributed by atoms with van der Waals surface area (Å²) in [5, 5.41) is 5.99. The lowest BCUT2D eigenvalue weighted by molar-refractivity contribution is -0.128. The highest BCUT2D eigenvalue weighted by Gasteiger charge is 2.29. The lowest BCUT2D eigenvalue weighted by atomic mass is 9.81. The van der Waals surface area contributed by atoms with Crippen LogP contribution in [0.25, 0.3) is 0 Å². The summed E-state index contributed by atoms with van der Waals surface area (Å²) in [4.78, 5) is 24.5. The Morgan fingerprint density at radius 3 is 1.96 bits per heavy atom. The van der Waals surface area contributed by atoms with Crippen LogP contribution in [0.2, 0.25) is 0 Å². The van der Waals surface area contributed by atoms with Crippen molar-refractivity contribution in [3.63, 3.8) is 0 Å². The van der Waals surface area contributed by atoms with Gasteiger partial charge in [0.05, 0.1) is 0 Å². The molecule has 4 heteroatoms. The van der Waals surface area contributed by atoms with Gasteiger partial charge in [-0.05, 0) is 55.2 Å². The Balaban J connectivity index is 1.83. The van der Waals surface area contributed by atoms with Gasteiger partial charge in [-0.2, -0.15) is 0 Å². The summed E-state index contributed by atoms with van der Waals surface area (Å²) < 4.78 is 0. The highest BCUT2D eigenvalue weighted by atomic mass is 16.2. The minimum atomic E-state index is 0.0116. The maximum absolute atomic E-state index is 12.5. The van der Waals surface area contributed by atoms with Gasteiger partial charge in [-0.3, -0.25) is 9.59 Å². The quantitative estimate of drug-likeness (QED) is 0.839. The minimum Gasteiger partial charge on any atom is -0.356 e. The predicted molar refractivity (Wildman–Crippen MR) is 103 cm³/mol. The number of rotatable bonds is 5. The van der Waals surface area contributed by atoms with Gasteiger partial charge in [-0.25, -0.2) is 0 Å². The van der Waals surface area contributed by atoms with Gasteiger partial charge in [0.25, 0.3) is 0 Å². The number of benzene rings is 1. The van der Waals surface area contributed by atoms with E-state index in [1.165, 1.54) is 5.56 Å². The number of carbonyl (C=O) groups is 2. The normalized spacial score (nSPS) is 20.8. The van der Waals surface area contributed by atoms with Crippen LogP contribution < -0.4 is 10.6 Å². The molecule has 1 aromatic carbocycles. The molecular formula is C21H32N2O2. The number of amides is 2. The fourth-order valence-corrected chi connectivity index (χ4v) is 3.31. The first kappa shape index (κ1) is 19.5. The van der Waals surface area contributed by atoms with Crippen molar-refractivity contribution in [2.75, 3.05) is 11.9 Å². The summed E-state index contributed by atoms with van der Waals surface area (Å²) in [5.74, 6) is 0.314. The van der Waals surface area contributed by atoms with Crippen LogP contribution >= 0.6 is 0 Å². The average molecular weight is 344 g/mol. The van der Waals surface area contributed by atoms with Crippen molar-refractivity contribution in [3.8, 4) is 0 Å². The molecule has 0 aromatic heterocycles. The van der Waals surface area contributed by atoms with Crippen LogP contribution in [-0.4, -0.2) is 18.4 Å². The topological polar surface area (TPSA) is 58.2 Å². The van der Waals surface area contributed by atoms with Gasteiger partial charge in [0.2, 0.25) is 11.8 Å². The highest BCUT2D eigenvalue weighted by Crippen LogP contribution is 2.30. The van der Waals surface area contributed by atoms with Crippen LogP contribution in [0.5, 0.6) is 0 Å². The number of anilines is 1. The molecule has 0 unspecified atom stereocenters. The molecule has 0 radical (unpaired) electrons. The van der Waals surface area contributed by atoms with Crippen LogP contribution in [0.1, 0.15) is 65.4 Å². The fraction of sp³-hybridized carbons (Fsp3) is 0.619. The lowest BCUT2D eigenvalue weighted by Crippen LogP contribution is -2.35. The average Bonchev–Trinajstić information content (AvgIpc) is 2.59. The molecule has 0 spiro atoms. The zero-order valence-electron chi connectivity index (χ0n) is 16.0. The number of hydrogen-bond acceptors (Lipinski definition) is 2. The van der Waals surface area contributed by atoms with E-state index >= 15 is 0 Å². The molecule has 1 saturated carbocycles. The van der Waals surface area contributed by atoms with Crippen molar-refractivity contribution in [2.45, 2.75) is 65.2 Å². The summed E-state index contributed by atoms with van der Waals surface area (Å²) >= 11 is 0. The molecule has 1 aromatic rings. The molecule has 1 aliphatic carbocycles. The second-order valence-electron chi connectivity index (χ2n) is 8.16. The Morgan fingerprint density at radius 2 is 1.48 bits per heavy atom. The molecule has 2 N–H and O–H groups in total. The number of carbonyl (C=O) groups excluding carboxylic acids is 2. The maximum atomic E-state index is 12.5. The number of nitrogens with one attached hydrogen (secondary N) is 2. The third kappa shape index (κ3) is 5.58. The van der Waals surface area contributed by atoms with E-state index < -0.39 is 0 Å². The summed E-state index contributed by atoms with van der Waals surface area (Å²) in [6.07, 6.45) is 4.14. The van der Waals surface area contributed by atoms with Gasteiger partial charge < -0.3 is 10.6 Å². The molecule has 2 rings (SSSR count). The summed E-state index contributed by atoms with van der Waals surface area (Å²) in [6.45, 7) is 9.32. The zero-order valence-corrected chi connectivity index (χ0v) is 16.0. The Labute approximate surface area is 151 Å². The van der Waals surface area contributed by atoms with E-state index in [1.807, 2.05) is 12.1 Å². The van der Waals surface area contributed by atoms with Crippen molar-refractivity contribution in [1.29, 1.82) is 0 Å². The van der Waals surface area contributed by atoms with Gasteiger partial charge in [-0.15, -0.1) is 0 Å². The fourth-order valence-electron chi connectivity index (χ4n) is 3.31. The van der Waals surface area contributed by atoms with E-state index in [9.17, 15) is 9.59 Å². The molecule has 0 bridgehead atoms. The molecule has 1 aliphatic rings. The second kappa shape index (κ2) is 8.50. The lowest BCUT2D eigenvalue weighted by Gasteiger charge is -2.27. The minimum absolute atomic E-state index is 0.0116.